The molecule has 1 N–H and O–H groups in total. The van der Waals surface area contributed by atoms with Gasteiger partial charge < -0.3 is 15.0 Å². The molecule has 0 aliphatic carbocycles. The summed E-state index contributed by atoms with van der Waals surface area (Å²) in [6, 6.07) is 22.2. The van der Waals surface area contributed by atoms with Crippen molar-refractivity contribution in [1.82, 2.24) is 4.90 Å². The lowest BCUT2D eigenvalue weighted by atomic mass is 10.1. The van der Waals surface area contributed by atoms with Crippen molar-refractivity contribution < 1.29 is 14.3 Å². The number of fused-ring (bicyclic) bond motifs is 2. The number of ether oxygens (including phenoxy) is 1. The SMILES string of the molecule is COc1ccc2c(c1)[C@@]1(SCCN1C(=O)Nc1ccc(C)cc1)C(=O)N2Cc1cccc(C#N)c1. The molecule has 2 aliphatic heterocycles. The molecule has 3 aromatic rings. The van der Waals surface area contributed by atoms with E-state index in [-0.39, 0.29) is 11.9 Å². The molecule has 176 valence electrons. The number of aryl methyl sites for hydroxylation is 1. The van der Waals surface area contributed by atoms with E-state index in [0.717, 1.165) is 22.4 Å². The van der Waals surface area contributed by atoms with Gasteiger partial charge in [-0.25, -0.2) is 4.79 Å². The average molecular weight is 485 g/mol. The van der Waals surface area contributed by atoms with E-state index in [9.17, 15) is 14.9 Å². The van der Waals surface area contributed by atoms with Gasteiger partial charge in [-0.15, -0.1) is 11.8 Å². The molecule has 1 atom stereocenters. The van der Waals surface area contributed by atoms with Crippen molar-refractivity contribution in [3.8, 4) is 11.8 Å². The van der Waals surface area contributed by atoms with E-state index in [2.05, 4.69) is 11.4 Å². The van der Waals surface area contributed by atoms with Crippen LogP contribution in [0.3, 0.4) is 0 Å². The molecule has 1 saturated heterocycles. The molecule has 1 spiro atoms. The number of methoxy groups -OCH3 is 1. The first kappa shape index (κ1) is 22.8. The second-order valence-electron chi connectivity index (χ2n) is 8.53. The van der Waals surface area contributed by atoms with Crippen LogP contribution in [0.1, 0.15) is 22.3 Å². The minimum atomic E-state index is -1.19. The summed E-state index contributed by atoms with van der Waals surface area (Å²) >= 11 is 1.46. The highest BCUT2D eigenvalue weighted by molar-refractivity contribution is 8.01. The number of carbonyl (C=O) groups is 2. The molecule has 0 unspecified atom stereocenters. The topological polar surface area (TPSA) is 85.7 Å². The number of nitriles is 1. The van der Waals surface area contributed by atoms with E-state index in [1.807, 2.05) is 61.5 Å². The number of benzene rings is 3. The highest BCUT2D eigenvalue weighted by Gasteiger charge is 2.59. The first-order valence-corrected chi connectivity index (χ1v) is 12.2. The second kappa shape index (κ2) is 9.01. The molecule has 5 rings (SSSR count). The molecular formula is C27H24N4O3S. The quantitative estimate of drug-likeness (QED) is 0.572. The van der Waals surface area contributed by atoms with Gasteiger partial charge in [-0.2, -0.15) is 5.26 Å². The molecule has 1 fully saturated rings. The van der Waals surface area contributed by atoms with Crippen LogP contribution in [0, 0.1) is 18.3 Å². The fraction of sp³-hybridized carbons (Fsp3) is 0.222. The van der Waals surface area contributed by atoms with Crippen LogP contribution >= 0.6 is 11.8 Å². The van der Waals surface area contributed by atoms with Gasteiger partial charge in [-0.3, -0.25) is 9.69 Å². The maximum absolute atomic E-state index is 14.1. The zero-order valence-electron chi connectivity index (χ0n) is 19.4. The number of anilines is 2. The van der Waals surface area contributed by atoms with Crippen LogP contribution in [0.15, 0.2) is 66.7 Å². The maximum Gasteiger partial charge on any atom is 0.323 e. The van der Waals surface area contributed by atoms with Crippen molar-refractivity contribution in [2.24, 2.45) is 0 Å². The number of urea groups is 1. The molecule has 0 bridgehead atoms. The minimum Gasteiger partial charge on any atom is -0.497 e. The number of rotatable bonds is 4. The van der Waals surface area contributed by atoms with Crippen molar-refractivity contribution in [1.29, 1.82) is 5.26 Å². The minimum absolute atomic E-state index is 0.176. The molecule has 3 aromatic carbocycles. The Bertz CT molecular complexity index is 1350. The summed E-state index contributed by atoms with van der Waals surface area (Å²) < 4.78 is 5.47. The summed E-state index contributed by atoms with van der Waals surface area (Å²) in [7, 11) is 1.58. The lowest BCUT2D eigenvalue weighted by Crippen LogP contribution is -2.51. The number of nitrogens with one attached hydrogen (secondary N) is 1. The van der Waals surface area contributed by atoms with E-state index >= 15 is 0 Å². The molecule has 8 heteroatoms. The second-order valence-corrected chi connectivity index (χ2v) is 9.81. The van der Waals surface area contributed by atoms with Crippen LogP contribution in [-0.2, 0) is 16.2 Å². The first-order chi connectivity index (χ1) is 17.0. The Morgan fingerprint density at radius 1 is 1.17 bits per heavy atom. The Hall–Kier alpha value is -3.96. The predicted octanol–water partition coefficient (Wildman–Crippen LogP) is 4.86. The summed E-state index contributed by atoms with van der Waals surface area (Å²) in [5, 5.41) is 12.2. The Balaban J connectivity index is 1.54. The van der Waals surface area contributed by atoms with Crippen LogP contribution in [0.2, 0.25) is 0 Å². The average Bonchev–Trinajstić information content (AvgIpc) is 3.42. The van der Waals surface area contributed by atoms with Gasteiger partial charge >= 0.3 is 6.03 Å². The Kier molecular flexibility index (Phi) is 5.87. The molecule has 0 saturated carbocycles. The van der Waals surface area contributed by atoms with E-state index in [1.54, 1.807) is 29.0 Å². The van der Waals surface area contributed by atoms with Crippen molar-refractivity contribution >= 4 is 35.1 Å². The summed E-state index contributed by atoms with van der Waals surface area (Å²) in [5.74, 6) is 1.07. The monoisotopic (exact) mass is 484 g/mol. The van der Waals surface area contributed by atoms with Gasteiger partial charge in [-0.05, 0) is 55.0 Å². The molecule has 35 heavy (non-hydrogen) atoms. The van der Waals surface area contributed by atoms with Gasteiger partial charge in [0, 0.05) is 23.5 Å². The third-order valence-electron chi connectivity index (χ3n) is 6.35. The molecule has 3 amide bonds. The number of hydrogen-bond acceptors (Lipinski definition) is 5. The molecule has 7 nitrogen and oxygen atoms in total. The van der Waals surface area contributed by atoms with Crippen molar-refractivity contribution in [3.63, 3.8) is 0 Å². The third-order valence-corrected chi connectivity index (χ3v) is 7.76. The van der Waals surface area contributed by atoms with Crippen molar-refractivity contribution in [2.45, 2.75) is 18.3 Å². The van der Waals surface area contributed by atoms with Crippen LogP contribution in [0.5, 0.6) is 5.75 Å². The van der Waals surface area contributed by atoms with Crippen LogP contribution < -0.4 is 15.0 Å². The van der Waals surface area contributed by atoms with E-state index in [4.69, 9.17) is 4.74 Å². The molecule has 2 aliphatic rings. The number of carbonyl (C=O) groups excluding carboxylic acids is 2. The van der Waals surface area contributed by atoms with E-state index in [1.165, 1.54) is 11.8 Å². The summed E-state index contributed by atoms with van der Waals surface area (Å²) in [6.07, 6.45) is 0. The fourth-order valence-electron chi connectivity index (χ4n) is 4.63. The molecule has 0 radical (unpaired) electrons. The van der Waals surface area contributed by atoms with Gasteiger partial charge in [0.05, 0.1) is 31.0 Å². The normalized spacial score (nSPS) is 18.5. The van der Waals surface area contributed by atoms with Gasteiger partial charge in [0.2, 0.25) is 0 Å². The summed E-state index contributed by atoms with van der Waals surface area (Å²) in [4.78, 5) is 29.8. The largest absolute Gasteiger partial charge is 0.497 e. The lowest BCUT2D eigenvalue weighted by Gasteiger charge is -2.33. The van der Waals surface area contributed by atoms with Gasteiger partial charge in [-0.1, -0.05) is 29.8 Å². The first-order valence-electron chi connectivity index (χ1n) is 11.2. The standard InChI is InChI=1S/C27H24N4O3S/c1-18-6-8-21(9-7-18)29-26(33)31-12-13-35-27(31)23-15-22(34-2)10-11-24(23)30(25(27)32)17-20-5-3-4-19(14-20)16-28/h3-11,14-15H,12-13,17H2,1-2H3,(H,29,33)/t27-/m1/s1. The summed E-state index contributed by atoms with van der Waals surface area (Å²) in [6.45, 7) is 2.71. The third kappa shape index (κ3) is 3.88. The van der Waals surface area contributed by atoms with Crippen molar-refractivity contribution in [2.75, 3.05) is 29.6 Å². The Labute approximate surface area is 208 Å². The molecule has 0 aromatic heterocycles. The molecule has 2 heterocycles. The lowest BCUT2D eigenvalue weighted by molar-refractivity contribution is -0.123. The van der Waals surface area contributed by atoms with Crippen LogP contribution in [0.25, 0.3) is 0 Å². The van der Waals surface area contributed by atoms with Crippen LogP contribution in [-0.4, -0.2) is 36.2 Å². The zero-order valence-corrected chi connectivity index (χ0v) is 20.3. The Morgan fingerprint density at radius 3 is 2.71 bits per heavy atom. The highest BCUT2D eigenvalue weighted by Crippen LogP contribution is 2.55. The number of nitrogens with zero attached hydrogens (tertiary/aromatic N) is 3. The smallest absolute Gasteiger partial charge is 0.323 e. The maximum atomic E-state index is 14.1. The molecular weight excluding hydrogens is 460 g/mol. The number of amides is 3. The number of hydrogen-bond donors (Lipinski definition) is 1. The van der Waals surface area contributed by atoms with Crippen LogP contribution in [0.4, 0.5) is 16.2 Å². The van der Waals surface area contributed by atoms with Crippen molar-refractivity contribution in [3.05, 3.63) is 89.0 Å². The Morgan fingerprint density at radius 2 is 1.97 bits per heavy atom. The van der Waals surface area contributed by atoms with E-state index < -0.39 is 4.87 Å². The highest BCUT2D eigenvalue weighted by atomic mass is 32.2. The van der Waals surface area contributed by atoms with E-state index in [0.29, 0.717) is 35.8 Å². The fourth-order valence-corrected chi connectivity index (χ4v) is 6.08. The van der Waals surface area contributed by atoms with Gasteiger partial charge in [0.25, 0.3) is 5.91 Å². The predicted molar refractivity (Wildman–Crippen MR) is 136 cm³/mol. The van der Waals surface area contributed by atoms with Gasteiger partial charge in [0.1, 0.15) is 5.75 Å². The zero-order chi connectivity index (χ0) is 24.6. The van der Waals surface area contributed by atoms with Gasteiger partial charge in [0.15, 0.2) is 4.87 Å². The summed E-state index contributed by atoms with van der Waals surface area (Å²) in [5.41, 5.74) is 4.62. The number of thioether (sulfide) groups is 1.